The number of benzene rings is 1. The Labute approximate surface area is 220 Å². The summed E-state index contributed by atoms with van der Waals surface area (Å²) in [5, 5.41) is 9.58. The molecule has 0 spiro atoms. The first-order valence-corrected chi connectivity index (χ1v) is 18.9. The van der Waals surface area contributed by atoms with Crippen LogP contribution in [-0.4, -0.2) is 53.7 Å². The third-order valence-corrected chi connectivity index (χ3v) is 9.97. The molecule has 0 aliphatic carbocycles. The number of carbonyl (C=O) groups excluding carboxylic acids is 1. The van der Waals surface area contributed by atoms with Crippen LogP contribution in [0.1, 0.15) is 64.9 Å². The van der Waals surface area contributed by atoms with E-state index in [9.17, 15) is 14.7 Å². The second-order valence-electron chi connectivity index (χ2n) is 10.6. The third-order valence-electron chi connectivity index (χ3n) is 5.98. The minimum absolute atomic E-state index is 0.0166. The highest BCUT2D eigenvalue weighted by atomic mass is 28.3. The number of aliphatic carboxylic acids is 1. The Morgan fingerprint density at radius 2 is 1.72 bits per heavy atom. The van der Waals surface area contributed by atoms with Crippen LogP contribution in [0.15, 0.2) is 18.2 Å². The summed E-state index contributed by atoms with van der Waals surface area (Å²) in [5.41, 5.74) is 1.17. The lowest BCUT2D eigenvalue weighted by Gasteiger charge is -2.24. The molecule has 36 heavy (non-hydrogen) atoms. The van der Waals surface area contributed by atoms with Gasteiger partial charge in [0.2, 0.25) is 6.10 Å². The molecule has 1 N–H and O–H groups in total. The van der Waals surface area contributed by atoms with Gasteiger partial charge in [0.15, 0.2) is 6.79 Å². The van der Waals surface area contributed by atoms with Gasteiger partial charge in [0.05, 0.1) is 0 Å². The second kappa shape index (κ2) is 16.8. The Bertz CT molecular complexity index is 787. The SMILES string of the molecule is CCCCC(CCCC)[Si](C)Oc1ccc(OCOCC[Si](C)(C)C)c(CC(OC(C)=O)C(=O)O)c1. The smallest absolute Gasteiger partial charge is 0.345 e. The van der Waals surface area contributed by atoms with Crippen molar-refractivity contribution in [3.05, 3.63) is 23.8 Å². The van der Waals surface area contributed by atoms with Crippen molar-refractivity contribution in [2.24, 2.45) is 0 Å². The van der Waals surface area contributed by atoms with E-state index in [0.717, 1.165) is 18.9 Å². The Hall–Kier alpha value is -1.85. The van der Waals surface area contributed by atoms with E-state index in [-0.39, 0.29) is 13.2 Å². The first-order chi connectivity index (χ1) is 17.0. The van der Waals surface area contributed by atoms with E-state index in [4.69, 9.17) is 18.6 Å². The Balaban J connectivity index is 3.04. The van der Waals surface area contributed by atoms with Gasteiger partial charge in [0.25, 0.3) is 9.04 Å². The van der Waals surface area contributed by atoms with Gasteiger partial charge in [0.1, 0.15) is 11.5 Å². The molecular weight excluding hydrogens is 492 g/mol. The van der Waals surface area contributed by atoms with Crippen molar-refractivity contribution in [1.29, 1.82) is 0 Å². The lowest BCUT2D eigenvalue weighted by Crippen LogP contribution is -2.29. The van der Waals surface area contributed by atoms with E-state index in [2.05, 4.69) is 40.0 Å². The molecule has 0 aromatic heterocycles. The molecular formula is C27H47O7Si2. The lowest BCUT2D eigenvalue weighted by atomic mass is 10.1. The minimum atomic E-state index is -1.30. The minimum Gasteiger partial charge on any atom is -0.542 e. The van der Waals surface area contributed by atoms with Crippen LogP contribution in [0, 0.1) is 0 Å². The summed E-state index contributed by atoms with van der Waals surface area (Å²) < 4.78 is 23.0. The Kier molecular flexibility index (Phi) is 15.0. The van der Waals surface area contributed by atoms with E-state index < -0.39 is 35.2 Å². The van der Waals surface area contributed by atoms with E-state index in [0.29, 0.717) is 29.2 Å². The van der Waals surface area contributed by atoms with Crippen molar-refractivity contribution >= 4 is 29.1 Å². The quantitative estimate of drug-likeness (QED) is 0.0906. The Morgan fingerprint density at radius 3 is 2.25 bits per heavy atom. The van der Waals surface area contributed by atoms with Crippen LogP contribution in [0.5, 0.6) is 11.5 Å². The lowest BCUT2D eigenvalue weighted by molar-refractivity contribution is -0.162. The van der Waals surface area contributed by atoms with Crippen LogP contribution < -0.4 is 9.16 Å². The number of carboxylic acid groups (broad SMARTS) is 1. The Morgan fingerprint density at radius 1 is 1.08 bits per heavy atom. The van der Waals surface area contributed by atoms with Crippen molar-refractivity contribution in [2.45, 2.75) is 110 Å². The highest BCUT2D eigenvalue weighted by Gasteiger charge is 2.25. The summed E-state index contributed by atoms with van der Waals surface area (Å²) in [6.45, 7) is 15.4. The van der Waals surface area contributed by atoms with Crippen LogP contribution in [0.3, 0.4) is 0 Å². The average Bonchev–Trinajstić information content (AvgIpc) is 2.78. The van der Waals surface area contributed by atoms with Crippen LogP contribution in [0.4, 0.5) is 0 Å². The molecule has 1 atom stereocenters. The normalized spacial score (nSPS) is 12.6. The molecule has 0 heterocycles. The monoisotopic (exact) mass is 539 g/mol. The zero-order chi connectivity index (χ0) is 27.1. The number of ether oxygens (including phenoxy) is 3. The zero-order valence-corrected chi connectivity index (χ0v) is 25.4. The fourth-order valence-corrected chi connectivity index (χ4v) is 6.41. The number of rotatable bonds is 19. The van der Waals surface area contributed by atoms with Crippen molar-refractivity contribution in [2.75, 3.05) is 13.4 Å². The van der Waals surface area contributed by atoms with E-state index in [1.807, 2.05) is 12.1 Å². The maximum Gasteiger partial charge on any atom is 0.345 e. The standard InChI is InChI=1S/C27H47O7Si2/c1-8-10-12-24(13-11-9-2)35(4)34-23-14-15-25(32-20-31-16-17-36(5,6)7)22(18-23)19-26(27(29)30)33-21(3)28/h14-15,18,24,26H,8-13,16-17,19-20H2,1-7H3,(H,29,30). The molecule has 0 aliphatic heterocycles. The number of esters is 1. The molecule has 0 fully saturated rings. The number of carboxylic acids is 1. The van der Waals surface area contributed by atoms with Crippen LogP contribution in [0.25, 0.3) is 0 Å². The zero-order valence-electron chi connectivity index (χ0n) is 23.4. The first kappa shape index (κ1) is 32.2. The van der Waals surface area contributed by atoms with E-state index in [1.54, 1.807) is 6.07 Å². The second-order valence-corrected chi connectivity index (χ2v) is 18.4. The maximum atomic E-state index is 11.7. The number of hydrogen-bond acceptors (Lipinski definition) is 6. The topological polar surface area (TPSA) is 91.3 Å². The van der Waals surface area contributed by atoms with Gasteiger partial charge in [-0.05, 0) is 49.2 Å². The van der Waals surface area contributed by atoms with Gasteiger partial charge >= 0.3 is 11.9 Å². The summed E-state index contributed by atoms with van der Waals surface area (Å²) in [5.74, 6) is -0.639. The molecule has 0 amide bonds. The van der Waals surface area contributed by atoms with Crippen molar-refractivity contribution < 1.29 is 33.3 Å². The van der Waals surface area contributed by atoms with E-state index >= 15 is 0 Å². The number of unbranched alkanes of at least 4 members (excludes halogenated alkanes) is 2. The predicted molar refractivity (Wildman–Crippen MR) is 148 cm³/mol. The average molecular weight is 540 g/mol. The molecule has 1 radical (unpaired) electrons. The summed E-state index contributed by atoms with van der Waals surface area (Å²) in [4.78, 5) is 23.2. The molecule has 0 aliphatic rings. The predicted octanol–water partition coefficient (Wildman–Crippen LogP) is 6.69. The molecule has 0 bridgehead atoms. The highest BCUT2D eigenvalue weighted by molar-refractivity contribution is 6.76. The van der Waals surface area contributed by atoms with Crippen molar-refractivity contribution in [3.8, 4) is 11.5 Å². The van der Waals surface area contributed by atoms with Crippen LogP contribution in [-0.2, 0) is 25.5 Å². The van der Waals surface area contributed by atoms with Gasteiger partial charge in [-0.3, -0.25) is 4.79 Å². The molecule has 9 heteroatoms. The molecule has 1 aromatic rings. The van der Waals surface area contributed by atoms with Gasteiger partial charge in [0, 0.05) is 33.6 Å². The molecule has 0 saturated carbocycles. The largest absolute Gasteiger partial charge is 0.542 e. The van der Waals surface area contributed by atoms with Gasteiger partial charge in [-0.2, -0.15) is 0 Å². The van der Waals surface area contributed by atoms with Crippen LogP contribution >= 0.6 is 0 Å². The van der Waals surface area contributed by atoms with Gasteiger partial charge in [-0.15, -0.1) is 0 Å². The fourth-order valence-electron chi connectivity index (χ4n) is 3.76. The number of carbonyl (C=O) groups is 2. The number of hydrogen-bond donors (Lipinski definition) is 1. The summed E-state index contributed by atoms with van der Waals surface area (Å²) in [6.07, 6.45) is 5.73. The van der Waals surface area contributed by atoms with Crippen molar-refractivity contribution in [1.82, 2.24) is 0 Å². The first-order valence-electron chi connectivity index (χ1n) is 13.2. The third kappa shape index (κ3) is 13.5. The van der Waals surface area contributed by atoms with Gasteiger partial charge in [-0.25, -0.2) is 4.79 Å². The molecule has 1 unspecified atom stereocenters. The summed E-state index contributed by atoms with van der Waals surface area (Å²) >= 11 is 0. The molecule has 205 valence electrons. The molecule has 1 rings (SSSR count). The van der Waals surface area contributed by atoms with Gasteiger partial charge in [-0.1, -0.05) is 59.2 Å². The summed E-state index contributed by atoms with van der Waals surface area (Å²) in [7, 11) is -2.32. The van der Waals surface area contributed by atoms with Crippen LogP contribution in [0.2, 0.25) is 37.8 Å². The van der Waals surface area contributed by atoms with Gasteiger partial charge < -0.3 is 23.7 Å². The fraction of sp³-hybridized carbons (Fsp3) is 0.704. The van der Waals surface area contributed by atoms with Crippen molar-refractivity contribution in [3.63, 3.8) is 0 Å². The molecule has 1 aromatic carbocycles. The maximum absolute atomic E-state index is 11.7. The highest BCUT2D eigenvalue weighted by Crippen LogP contribution is 2.31. The summed E-state index contributed by atoms with van der Waals surface area (Å²) in [6, 6.07) is 6.51. The molecule has 7 nitrogen and oxygen atoms in total. The van der Waals surface area contributed by atoms with E-state index in [1.165, 1.54) is 32.6 Å². The molecule has 0 saturated heterocycles.